The van der Waals surface area contributed by atoms with E-state index >= 15 is 0 Å². The fourth-order valence-electron chi connectivity index (χ4n) is 2.58. The summed E-state index contributed by atoms with van der Waals surface area (Å²) in [6.07, 6.45) is 0.502. The van der Waals surface area contributed by atoms with Crippen molar-refractivity contribution in [2.75, 3.05) is 0 Å². The maximum absolute atomic E-state index is 12.3. The zero-order chi connectivity index (χ0) is 14.4. The largest absolute Gasteiger partial charge is 0.508 e. The summed E-state index contributed by atoms with van der Waals surface area (Å²) in [6, 6.07) is 3.83. The zero-order valence-electron chi connectivity index (χ0n) is 10.8. The number of benzene rings is 1. The Morgan fingerprint density at radius 2 is 2.00 bits per heavy atom. The standard InChI is InChI=1S/C13H13N3O4/c1-15-10-6-7(17)2-3-8(10)16(13(15)20)9-4-5-11(18)14-12(9)19/h2-3,6,9,17H,4-5H2,1H3,(H,14,18,19). The number of aryl methyl sites for hydroxylation is 1. The molecule has 1 aromatic heterocycles. The molecule has 1 fully saturated rings. The van der Waals surface area contributed by atoms with E-state index in [0.29, 0.717) is 17.5 Å². The lowest BCUT2D eigenvalue weighted by atomic mass is 10.1. The first-order valence-electron chi connectivity index (χ1n) is 6.22. The molecule has 0 bridgehead atoms. The van der Waals surface area contributed by atoms with Gasteiger partial charge in [0.15, 0.2) is 0 Å². The Balaban J connectivity index is 2.21. The number of aromatic nitrogens is 2. The van der Waals surface area contributed by atoms with Gasteiger partial charge in [-0.05, 0) is 18.6 Å². The van der Waals surface area contributed by atoms with Crippen LogP contribution < -0.4 is 11.0 Å². The number of hydrogen-bond donors (Lipinski definition) is 2. The second kappa shape index (κ2) is 4.22. The lowest BCUT2D eigenvalue weighted by molar-refractivity contribution is -0.135. The number of aromatic hydroxyl groups is 1. The van der Waals surface area contributed by atoms with Gasteiger partial charge in [-0.15, -0.1) is 0 Å². The third kappa shape index (κ3) is 1.70. The number of rotatable bonds is 1. The van der Waals surface area contributed by atoms with Gasteiger partial charge in [-0.3, -0.25) is 24.0 Å². The number of carbonyl (C=O) groups is 2. The highest BCUT2D eigenvalue weighted by molar-refractivity contribution is 6.00. The van der Waals surface area contributed by atoms with Gasteiger partial charge in [-0.25, -0.2) is 4.79 Å². The predicted molar refractivity (Wildman–Crippen MR) is 70.3 cm³/mol. The molecule has 1 aliphatic rings. The van der Waals surface area contributed by atoms with Gasteiger partial charge < -0.3 is 5.11 Å². The summed E-state index contributed by atoms with van der Waals surface area (Å²) in [6.45, 7) is 0. The summed E-state index contributed by atoms with van der Waals surface area (Å²) in [7, 11) is 1.58. The summed E-state index contributed by atoms with van der Waals surface area (Å²) in [5, 5.41) is 11.7. The molecule has 1 unspecified atom stereocenters. The van der Waals surface area contributed by atoms with Gasteiger partial charge in [0.2, 0.25) is 11.8 Å². The average Bonchev–Trinajstić information content (AvgIpc) is 2.63. The lowest BCUT2D eigenvalue weighted by Gasteiger charge is -2.21. The van der Waals surface area contributed by atoms with Crippen LogP contribution in [0.2, 0.25) is 0 Å². The highest BCUT2D eigenvalue weighted by atomic mass is 16.3. The second-order valence-electron chi connectivity index (χ2n) is 4.85. The van der Waals surface area contributed by atoms with Crippen LogP contribution in [-0.4, -0.2) is 26.1 Å². The summed E-state index contributed by atoms with van der Waals surface area (Å²) in [5.41, 5.74) is 0.754. The first kappa shape index (κ1) is 12.5. The molecule has 0 spiro atoms. The van der Waals surface area contributed by atoms with Crippen LogP contribution in [0.1, 0.15) is 18.9 Å². The summed E-state index contributed by atoms with van der Waals surface area (Å²) in [4.78, 5) is 35.4. The summed E-state index contributed by atoms with van der Waals surface area (Å²) < 4.78 is 2.75. The number of carbonyl (C=O) groups excluding carboxylic acids is 2. The fourth-order valence-corrected chi connectivity index (χ4v) is 2.58. The molecule has 3 rings (SSSR count). The maximum Gasteiger partial charge on any atom is 0.329 e. The molecular formula is C13H13N3O4. The number of piperidine rings is 1. The van der Waals surface area contributed by atoms with Gasteiger partial charge in [-0.1, -0.05) is 0 Å². The number of amides is 2. The number of nitrogens with one attached hydrogen (secondary N) is 1. The monoisotopic (exact) mass is 275 g/mol. The highest BCUT2D eigenvalue weighted by Gasteiger charge is 2.31. The Labute approximate surface area is 113 Å². The van der Waals surface area contributed by atoms with Crippen molar-refractivity contribution in [3.8, 4) is 5.75 Å². The van der Waals surface area contributed by atoms with Crippen LogP contribution in [0.3, 0.4) is 0 Å². The van der Waals surface area contributed by atoms with E-state index in [2.05, 4.69) is 5.32 Å². The van der Waals surface area contributed by atoms with Crippen LogP contribution in [0.4, 0.5) is 0 Å². The molecule has 0 radical (unpaired) electrons. The van der Waals surface area contributed by atoms with E-state index in [0.717, 1.165) is 0 Å². The van der Waals surface area contributed by atoms with E-state index in [1.165, 1.54) is 21.3 Å². The quantitative estimate of drug-likeness (QED) is 0.718. The van der Waals surface area contributed by atoms with Crippen molar-refractivity contribution in [3.63, 3.8) is 0 Å². The predicted octanol–water partition coefficient (Wildman–Crippen LogP) is 0.0233. The molecule has 104 valence electrons. The molecular weight excluding hydrogens is 262 g/mol. The SMILES string of the molecule is Cn1c(=O)n(C2CCC(=O)NC2=O)c2ccc(O)cc21. The number of nitrogens with zero attached hydrogens (tertiary/aromatic N) is 2. The third-order valence-corrected chi connectivity index (χ3v) is 3.59. The van der Waals surface area contributed by atoms with Gasteiger partial charge in [0.1, 0.15) is 11.8 Å². The molecule has 2 aromatic rings. The third-order valence-electron chi connectivity index (χ3n) is 3.59. The summed E-state index contributed by atoms with van der Waals surface area (Å²) in [5.74, 6) is -0.741. The van der Waals surface area contributed by atoms with Gasteiger partial charge in [0.25, 0.3) is 0 Å². The van der Waals surface area contributed by atoms with Crippen molar-refractivity contribution < 1.29 is 14.7 Å². The molecule has 2 amide bonds. The minimum Gasteiger partial charge on any atom is -0.508 e. The summed E-state index contributed by atoms with van der Waals surface area (Å²) >= 11 is 0. The molecule has 1 saturated heterocycles. The van der Waals surface area contributed by atoms with Crippen LogP contribution >= 0.6 is 0 Å². The van der Waals surface area contributed by atoms with Crippen LogP contribution in [0.15, 0.2) is 23.0 Å². The lowest BCUT2D eigenvalue weighted by Crippen LogP contribution is -2.44. The Morgan fingerprint density at radius 3 is 2.70 bits per heavy atom. The van der Waals surface area contributed by atoms with Gasteiger partial charge >= 0.3 is 5.69 Å². The van der Waals surface area contributed by atoms with Crippen LogP contribution in [0, 0.1) is 0 Å². The zero-order valence-corrected chi connectivity index (χ0v) is 10.8. The molecule has 7 nitrogen and oxygen atoms in total. The molecule has 1 aromatic carbocycles. The average molecular weight is 275 g/mol. The van der Waals surface area contributed by atoms with Crippen LogP contribution in [0.25, 0.3) is 11.0 Å². The van der Waals surface area contributed by atoms with Crippen LogP contribution in [-0.2, 0) is 16.6 Å². The first-order valence-corrected chi connectivity index (χ1v) is 6.22. The number of imide groups is 1. The number of imidazole rings is 1. The van der Waals surface area contributed by atoms with Crippen molar-refractivity contribution in [1.29, 1.82) is 0 Å². The Bertz CT molecular complexity index is 787. The van der Waals surface area contributed by atoms with E-state index in [1.807, 2.05) is 0 Å². The minimum atomic E-state index is -0.701. The topological polar surface area (TPSA) is 93.3 Å². The Kier molecular flexibility index (Phi) is 2.63. The van der Waals surface area contributed by atoms with Crippen molar-refractivity contribution in [1.82, 2.24) is 14.5 Å². The van der Waals surface area contributed by atoms with E-state index in [-0.39, 0.29) is 23.8 Å². The number of phenols is 1. The molecule has 1 aliphatic heterocycles. The van der Waals surface area contributed by atoms with E-state index in [4.69, 9.17) is 0 Å². The van der Waals surface area contributed by atoms with E-state index in [9.17, 15) is 19.5 Å². The molecule has 0 aliphatic carbocycles. The maximum atomic E-state index is 12.3. The van der Waals surface area contributed by atoms with Crippen molar-refractivity contribution in [3.05, 3.63) is 28.7 Å². The molecule has 2 heterocycles. The minimum absolute atomic E-state index is 0.0496. The normalized spacial score (nSPS) is 19.4. The smallest absolute Gasteiger partial charge is 0.329 e. The molecule has 20 heavy (non-hydrogen) atoms. The van der Waals surface area contributed by atoms with Crippen molar-refractivity contribution >= 4 is 22.8 Å². The van der Waals surface area contributed by atoms with E-state index in [1.54, 1.807) is 13.1 Å². The molecule has 2 N–H and O–H groups in total. The number of phenolic OH excluding ortho intramolecular Hbond substituents is 1. The van der Waals surface area contributed by atoms with Gasteiger partial charge in [0.05, 0.1) is 11.0 Å². The first-order chi connectivity index (χ1) is 9.49. The second-order valence-corrected chi connectivity index (χ2v) is 4.85. The van der Waals surface area contributed by atoms with Crippen molar-refractivity contribution in [2.45, 2.75) is 18.9 Å². The Hall–Kier alpha value is -2.57. The highest BCUT2D eigenvalue weighted by Crippen LogP contribution is 2.24. The number of hydrogen-bond acceptors (Lipinski definition) is 4. The Morgan fingerprint density at radius 1 is 1.25 bits per heavy atom. The fraction of sp³-hybridized carbons (Fsp3) is 0.308. The molecule has 0 saturated carbocycles. The van der Waals surface area contributed by atoms with Crippen LogP contribution in [0.5, 0.6) is 5.75 Å². The number of fused-ring (bicyclic) bond motifs is 1. The van der Waals surface area contributed by atoms with Gasteiger partial charge in [0, 0.05) is 19.5 Å². The van der Waals surface area contributed by atoms with Gasteiger partial charge in [-0.2, -0.15) is 0 Å². The molecule has 1 atom stereocenters. The van der Waals surface area contributed by atoms with Crippen molar-refractivity contribution in [2.24, 2.45) is 7.05 Å². The van der Waals surface area contributed by atoms with E-state index < -0.39 is 11.9 Å². The molecule has 7 heteroatoms.